The van der Waals surface area contributed by atoms with Crippen LogP contribution in [0, 0.1) is 10.1 Å². The Hall–Kier alpha value is -2.00. The first kappa shape index (κ1) is 13.1. The zero-order chi connectivity index (χ0) is 13.4. The third-order valence-corrected chi connectivity index (χ3v) is 1.81. The van der Waals surface area contributed by atoms with Gasteiger partial charge in [-0.1, -0.05) is 0 Å². The lowest BCUT2D eigenvalue weighted by Gasteiger charge is -2.10. The molecule has 0 spiro atoms. The second kappa shape index (κ2) is 4.11. The quantitative estimate of drug-likeness (QED) is 0.501. The van der Waals surface area contributed by atoms with Gasteiger partial charge in [-0.25, -0.2) is 13.8 Å². The number of nitrogens with two attached hydrogens (primary N) is 1. The Balaban J connectivity index is 3.57. The van der Waals surface area contributed by atoms with E-state index in [1.54, 1.807) is 0 Å². The number of anilines is 1. The van der Waals surface area contributed by atoms with Crippen molar-refractivity contribution in [3.63, 3.8) is 0 Å². The number of halogens is 5. The molecule has 2 N–H and O–H groups in total. The Morgan fingerprint density at radius 1 is 1.41 bits per heavy atom. The molecule has 0 amide bonds. The highest BCUT2D eigenvalue weighted by Crippen LogP contribution is 2.40. The van der Waals surface area contributed by atoms with Crippen LogP contribution in [0.1, 0.15) is 17.7 Å². The predicted molar refractivity (Wildman–Crippen MR) is 45.3 cm³/mol. The minimum Gasteiger partial charge on any atom is -0.393 e. The van der Waals surface area contributed by atoms with Crippen LogP contribution in [0.15, 0.2) is 6.20 Å². The normalized spacial score (nSPS) is 11.9. The number of nitrogens with zero attached hydrogens (tertiary/aromatic N) is 2. The molecular weight excluding hydrogens is 253 g/mol. The fourth-order valence-corrected chi connectivity index (χ4v) is 1.10. The summed E-state index contributed by atoms with van der Waals surface area (Å²) in [5.41, 5.74) is -0.971. The molecule has 0 fully saturated rings. The zero-order valence-corrected chi connectivity index (χ0v) is 7.83. The Morgan fingerprint density at radius 2 is 1.94 bits per heavy atom. The smallest absolute Gasteiger partial charge is 0.393 e. The lowest BCUT2D eigenvalue weighted by molar-refractivity contribution is -0.387. The van der Waals surface area contributed by atoms with Crippen molar-refractivity contribution < 1.29 is 26.9 Å². The molecule has 0 aliphatic heterocycles. The Morgan fingerprint density at radius 3 is 2.29 bits per heavy atom. The number of hydrogen-bond acceptors (Lipinski definition) is 4. The summed E-state index contributed by atoms with van der Waals surface area (Å²) < 4.78 is 61.5. The van der Waals surface area contributed by atoms with Crippen LogP contribution in [0.25, 0.3) is 0 Å². The van der Waals surface area contributed by atoms with Gasteiger partial charge in [-0.2, -0.15) is 13.2 Å². The van der Waals surface area contributed by atoms with Gasteiger partial charge in [0.05, 0.1) is 10.5 Å². The molecule has 0 atom stereocenters. The van der Waals surface area contributed by atoms with E-state index < -0.39 is 40.2 Å². The summed E-state index contributed by atoms with van der Waals surface area (Å²) in [7, 11) is 0. The van der Waals surface area contributed by atoms with Crippen LogP contribution in [-0.2, 0) is 6.18 Å². The van der Waals surface area contributed by atoms with Gasteiger partial charge in [0.15, 0.2) is 0 Å². The minimum atomic E-state index is -5.14. The van der Waals surface area contributed by atoms with Crippen molar-refractivity contribution in [2.75, 3.05) is 5.73 Å². The average Bonchev–Trinajstić information content (AvgIpc) is 2.14. The maximum atomic E-state index is 12.3. The monoisotopic (exact) mass is 257 g/mol. The van der Waals surface area contributed by atoms with Gasteiger partial charge in [-0.15, -0.1) is 0 Å². The molecule has 0 saturated heterocycles. The van der Waals surface area contributed by atoms with E-state index in [2.05, 4.69) is 4.98 Å². The number of nitrogen functional groups attached to an aromatic ring is 1. The summed E-state index contributed by atoms with van der Waals surface area (Å²) in [6, 6.07) is 0. The molecule has 0 unspecified atom stereocenters. The third-order valence-electron chi connectivity index (χ3n) is 1.81. The molecule has 1 aromatic heterocycles. The number of hydrogen-bond donors (Lipinski definition) is 1. The van der Waals surface area contributed by atoms with Crippen molar-refractivity contribution in [3.8, 4) is 0 Å². The van der Waals surface area contributed by atoms with Gasteiger partial charge >= 0.3 is 11.9 Å². The lowest BCUT2D eigenvalue weighted by atomic mass is 10.1. The fraction of sp³-hybridized carbons (Fsp3) is 0.286. The summed E-state index contributed by atoms with van der Waals surface area (Å²) in [4.78, 5) is 11.5. The van der Waals surface area contributed by atoms with E-state index in [0.29, 0.717) is 0 Å². The zero-order valence-electron chi connectivity index (χ0n) is 7.83. The molecule has 5 nitrogen and oxygen atoms in total. The van der Waals surface area contributed by atoms with Gasteiger partial charge in [0.2, 0.25) is 5.69 Å². The van der Waals surface area contributed by atoms with Gasteiger partial charge < -0.3 is 5.73 Å². The Bertz CT molecular complexity index is 460. The average molecular weight is 257 g/mol. The highest BCUT2D eigenvalue weighted by Gasteiger charge is 2.43. The van der Waals surface area contributed by atoms with Crippen molar-refractivity contribution >= 4 is 11.4 Å². The largest absolute Gasteiger partial charge is 0.440 e. The molecule has 1 aromatic rings. The van der Waals surface area contributed by atoms with E-state index in [1.165, 1.54) is 0 Å². The molecule has 0 aliphatic carbocycles. The van der Waals surface area contributed by atoms with Crippen LogP contribution < -0.4 is 5.73 Å². The Labute approximate surface area is 90.2 Å². The first-order valence-electron chi connectivity index (χ1n) is 3.94. The number of alkyl halides is 5. The van der Waals surface area contributed by atoms with Crippen LogP contribution in [0.2, 0.25) is 0 Å². The van der Waals surface area contributed by atoms with Crippen LogP contribution >= 0.6 is 0 Å². The first-order chi connectivity index (χ1) is 7.66. The molecular formula is C7H4F5N3O2. The first-order valence-corrected chi connectivity index (χ1v) is 3.94. The molecule has 0 saturated carbocycles. The number of aromatic nitrogens is 1. The van der Waals surface area contributed by atoms with Crippen molar-refractivity contribution in [3.05, 3.63) is 27.6 Å². The highest BCUT2D eigenvalue weighted by molar-refractivity contribution is 5.65. The van der Waals surface area contributed by atoms with E-state index in [-0.39, 0.29) is 6.20 Å². The molecule has 0 bridgehead atoms. The summed E-state index contributed by atoms with van der Waals surface area (Å²) in [5, 5.41) is 10.4. The Kier molecular flexibility index (Phi) is 3.16. The van der Waals surface area contributed by atoms with Gasteiger partial charge in [0.1, 0.15) is 5.69 Å². The maximum Gasteiger partial charge on any atom is 0.440 e. The molecule has 10 heteroatoms. The van der Waals surface area contributed by atoms with Crippen LogP contribution in [0.3, 0.4) is 0 Å². The molecule has 94 valence electrons. The maximum absolute atomic E-state index is 12.3. The number of nitro groups is 1. The summed E-state index contributed by atoms with van der Waals surface area (Å²) in [5.74, 6) is 0. The second-order valence-corrected chi connectivity index (χ2v) is 2.88. The van der Waals surface area contributed by atoms with E-state index in [0.717, 1.165) is 0 Å². The molecule has 1 rings (SSSR count). The molecule has 0 aliphatic rings. The van der Waals surface area contributed by atoms with E-state index in [1.807, 2.05) is 0 Å². The van der Waals surface area contributed by atoms with Crippen LogP contribution in [0.5, 0.6) is 0 Å². The summed E-state index contributed by atoms with van der Waals surface area (Å²) >= 11 is 0. The van der Waals surface area contributed by atoms with Gasteiger partial charge in [0, 0.05) is 6.20 Å². The van der Waals surface area contributed by atoms with Crippen molar-refractivity contribution in [1.82, 2.24) is 4.98 Å². The molecule has 0 aromatic carbocycles. The van der Waals surface area contributed by atoms with Crippen molar-refractivity contribution in [2.45, 2.75) is 12.6 Å². The third kappa shape index (κ3) is 2.40. The minimum absolute atomic E-state index is 0.176. The fourth-order valence-electron chi connectivity index (χ4n) is 1.10. The lowest BCUT2D eigenvalue weighted by Crippen LogP contribution is -2.14. The molecule has 17 heavy (non-hydrogen) atoms. The van der Waals surface area contributed by atoms with E-state index in [9.17, 15) is 32.1 Å². The van der Waals surface area contributed by atoms with E-state index in [4.69, 9.17) is 5.73 Å². The van der Waals surface area contributed by atoms with Crippen LogP contribution in [0.4, 0.5) is 33.3 Å². The SMILES string of the molecule is Nc1c(C(F)F)cnc(C(F)(F)F)c1[N+](=O)[O-]. The van der Waals surface area contributed by atoms with Crippen LogP contribution in [-0.4, -0.2) is 9.91 Å². The van der Waals surface area contributed by atoms with Gasteiger partial charge in [-0.3, -0.25) is 10.1 Å². The topological polar surface area (TPSA) is 82.0 Å². The van der Waals surface area contributed by atoms with Crippen molar-refractivity contribution in [1.29, 1.82) is 0 Å². The second-order valence-electron chi connectivity index (χ2n) is 2.88. The highest BCUT2D eigenvalue weighted by atomic mass is 19.4. The molecule has 0 radical (unpaired) electrons. The standard InChI is InChI=1S/C7H4F5N3O2/c8-6(9)2-1-14-5(7(10,11)12)4(3(2)13)15(16)17/h1,6H,(H2,13,14). The number of pyridine rings is 1. The number of rotatable bonds is 2. The van der Waals surface area contributed by atoms with Gasteiger partial charge in [-0.05, 0) is 0 Å². The van der Waals surface area contributed by atoms with Gasteiger partial charge in [0.25, 0.3) is 6.43 Å². The molecule has 1 heterocycles. The van der Waals surface area contributed by atoms with E-state index >= 15 is 0 Å². The predicted octanol–water partition coefficient (Wildman–Crippen LogP) is 2.53. The summed E-state index contributed by atoms with van der Waals surface area (Å²) in [6.45, 7) is 0. The van der Waals surface area contributed by atoms with Crippen molar-refractivity contribution in [2.24, 2.45) is 0 Å². The summed E-state index contributed by atoms with van der Waals surface area (Å²) in [6.07, 6.45) is -8.21.